The number of nitrogens with zero attached hydrogens (tertiary/aromatic N) is 4. The molecule has 0 aliphatic rings. The van der Waals surface area contributed by atoms with Crippen molar-refractivity contribution in [2.24, 2.45) is 0 Å². The molecule has 0 spiro atoms. The van der Waals surface area contributed by atoms with Gasteiger partial charge < -0.3 is 8.98 Å². The average Bonchev–Trinajstić information content (AvgIpc) is 3.97. The molecule has 12 aromatic rings. The van der Waals surface area contributed by atoms with Crippen LogP contribution in [-0.2, 0) is 0 Å². The van der Waals surface area contributed by atoms with Crippen molar-refractivity contribution < 1.29 is 4.42 Å². The summed E-state index contributed by atoms with van der Waals surface area (Å²) in [5, 5.41) is 7.03. The number of fused-ring (bicyclic) bond motifs is 9. The lowest BCUT2D eigenvalue weighted by Gasteiger charge is -2.12. The van der Waals surface area contributed by atoms with Gasteiger partial charge in [-0.2, -0.15) is 0 Å². The summed E-state index contributed by atoms with van der Waals surface area (Å²) >= 11 is 1.78. The van der Waals surface area contributed by atoms with E-state index >= 15 is 0 Å². The number of aromatic nitrogens is 4. The third kappa shape index (κ3) is 4.91. The molecule has 6 heteroatoms. The third-order valence-electron chi connectivity index (χ3n) is 11.1. The van der Waals surface area contributed by atoms with E-state index in [2.05, 4.69) is 126 Å². The Hall–Kier alpha value is -7.41. The minimum atomic E-state index is 0.649. The molecule has 0 saturated carbocycles. The van der Waals surface area contributed by atoms with Crippen molar-refractivity contribution in [2.45, 2.75) is 0 Å². The van der Waals surface area contributed by atoms with E-state index < -0.39 is 0 Å². The second-order valence-electron chi connectivity index (χ2n) is 14.3. The fourth-order valence-corrected chi connectivity index (χ4v) is 9.86. The lowest BCUT2D eigenvalue weighted by atomic mass is 9.94. The molecule has 8 aromatic carbocycles. The summed E-state index contributed by atoms with van der Waals surface area (Å²) in [5.41, 5.74) is 10.3. The number of hydrogen-bond donors (Lipinski definition) is 0. The zero-order chi connectivity index (χ0) is 37.5. The lowest BCUT2D eigenvalue weighted by molar-refractivity contribution is 0.669. The van der Waals surface area contributed by atoms with Crippen molar-refractivity contribution in [3.05, 3.63) is 182 Å². The maximum absolute atomic E-state index is 6.70. The van der Waals surface area contributed by atoms with E-state index in [0.717, 1.165) is 60.1 Å². The second-order valence-corrected chi connectivity index (χ2v) is 15.4. The van der Waals surface area contributed by atoms with E-state index in [0.29, 0.717) is 17.5 Å². The number of benzene rings is 8. The fourth-order valence-electron chi connectivity index (χ4n) is 8.62. The van der Waals surface area contributed by atoms with E-state index in [1.54, 1.807) is 11.3 Å². The topological polar surface area (TPSA) is 56.7 Å². The van der Waals surface area contributed by atoms with Gasteiger partial charge in [-0.25, -0.2) is 15.0 Å². The average molecular weight is 747 g/mol. The van der Waals surface area contributed by atoms with Crippen LogP contribution in [0, 0.1) is 0 Å². The summed E-state index contributed by atoms with van der Waals surface area (Å²) in [5.74, 6) is 1.95. The Morgan fingerprint density at radius 1 is 0.386 bits per heavy atom. The van der Waals surface area contributed by atoms with E-state index in [-0.39, 0.29) is 0 Å². The molecule has 0 aliphatic heterocycles. The molecule has 0 fully saturated rings. The SMILES string of the molecule is c1ccc(-c2nc(-c3ccccc3)nc(-c3cccc4c3sc3cccc(-c5cccc6oc7cccc(-n8c9ccccc9c9ccccc98)c7c56)c34)n2)cc1. The summed E-state index contributed by atoms with van der Waals surface area (Å²) in [6.07, 6.45) is 0. The van der Waals surface area contributed by atoms with Gasteiger partial charge in [-0.3, -0.25) is 0 Å². The summed E-state index contributed by atoms with van der Waals surface area (Å²) in [7, 11) is 0. The molecular formula is C51H30N4OS. The maximum Gasteiger partial charge on any atom is 0.165 e. The Kier molecular flexibility index (Phi) is 7.03. The van der Waals surface area contributed by atoms with Gasteiger partial charge in [0.1, 0.15) is 11.2 Å². The molecule has 0 bridgehead atoms. The molecule has 0 atom stereocenters. The largest absolute Gasteiger partial charge is 0.456 e. The number of furan rings is 1. The molecular weight excluding hydrogens is 717 g/mol. The molecule has 57 heavy (non-hydrogen) atoms. The lowest BCUT2D eigenvalue weighted by Crippen LogP contribution is -2.00. The van der Waals surface area contributed by atoms with Crippen LogP contribution in [0.15, 0.2) is 186 Å². The molecule has 0 amide bonds. The molecule has 4 aromatic heterocycles. The standard InChI is InChI=1S/C51H30N4OS/c1-3-15-31(16-4-1)49-52-50(32-17-5-2-6-18-32)54-51(53-49)38-24-11-23-37-45-35(22-13-30-44(45)57-48(37)38)36-21-12-28-42-46(36)47-41(27-14-29-43(47)56-42)55-39-25-9-7-19-33(39)34-20-8-10-26-40(34)55/h1-30H. The van der Waals surface area contributed by atoms with Crippen LogP contribution >= 0.6 is 11.3 Å². The van der Waals surface area contributed by atoms with E-state index in [9.17, 15) is 0 Å². The van der Waals surface area contributed by atoms with E-state index in [1.165, 1.54) is 37.3 Å². The van der Waals surface area contributed by atoms with Gasteiger partial charge in [0.15, 0.2) is 17.5 Å². The fraction of sp³-hybridized carbons (Fsp3) is 0. The Labute approximate surface area is 330 Å². The zero-order valence-corrected chi connectivity index (χ0v) is 31.2. The van der Waals surface area contributed by atoms with Gasteiger partial charge in [0.25, 0.3) is 0 Å². The number of rotatable bonds is 5. The van der Waals surface area contributed by atoms with E-state index in [1.807, 2.05) is 60.7 Å². The molecule has 0 aliphatic carbocycles. The van der Waals surface area contributed by atoms with Crippen molar-refractivity contribution in [2.75, 3.05) is 0 Å². The first-order chi connectivity index (χ1) is 28.3. The first kappa shape index (κ1) is 31.9. The summed E-state index contributed by atoms with van der Waals surface area (Å²) in [6.45, 7) is 0. The Bertz CT molecular complexity index is 3420. The van der Waals surface area contributed by atoms with Gasteiger partial charge in [0.2, 0.25) is 0 Å². The van der Waals surface area contributed by atoms with Gasteiger partial charge in [-0.15, -0.1) is 11.3 Å². The Balaban J connectivity index is 1.11. The highest BCUT2D eigenvalue weighted by Gasteiger charge is 2.23. The first-order valence-corrected chi connectivity index (χ1v) is 19.8. The number of hydrogen-bond acceptors (Lipinski definition) is 5. The van der Waals surface area contributed by atoms with Crippen LogP contribution in [0.3, 0.4) is 0 Å². The molecule has 0 N–H and O–H groups in total. The quantitative estimate of drug-likeness (QED) is 0.176. The summed E-state index contributed by atoms with van der Waals surface area (Å²) in [6, 6.07) is 63.6. The molecule has 5 nitrogen and oxygen atoms in total. The van der Waals surface area contributed by atoms with Gasteiger partial charge in [-0.1, -0.05) is 140 Å². The van der Waals surface area contributed by atoms with Crippen LogP contribution in [0.5, 0.6) is 0 Å². The van der Waals surface area contributed by atoms with Crippen LogP contribution in [-0.4, -0.2) is 19.5 Å². The van der Waals surface area contributed by atoms with Crippen molar-refractivity contribution >= 4 is 75.3 Å². The highest BCUT2D eigenvalue weighted by molar-refractivity contribution is 7.26. The van der Waals surface area contributed by atoms with E-state index in [4.69, 9.17) is 19.4 Å². The maximum atomic E-state index is 6.70. The summed E-state index contributed by atoms with van der Waals surface area (Å²) in [4.78, 5) is 15.2. The van der Waals surface area contributed by atoms with Gasteiger partial charge in [-0.05, 0) is 53.6 Å². The molecule has 0 saturated heterocycles. The van der Waals surface area contributed by atoms with Gasteiger partial charge in [0.05, 0.1) is 22.1 Å². The van der Waals surface area contributed by atoms with Crippen LogP contribution in [0.2, 0.25) is 0 Å². The van der Waals surface area contributed by atoms with Gasteiger partial charge >= 0.3 is 0 Å². The monoisotopic (exact) mass is 746 g/mol. The highest BCUT2D eigenvalue weighted by atomic mass is 32.1. The zero-order valence-electron chi connectivity index (χ0n) is 30.4. The summed E-state index contributed by atoms with van der Waals surface area (Å²) < 4.78 is 11.4. The first-order valence-electron chi connectivity index (χ1n) is 19.0. The molecule has 4 heterocycles. The number of para-hydroxylation sites is 2. The van der Waals surface area contributed by atoms with Crippen molar-refractivity contribution in [3.8, 4) is 51.0 Å². The van der Waals surface area contributed by atoms with Crippen molar-refractivity contribution in [1.29, 1.82) is 0 Å². The minimum Gasteiger partial charge on any atom is -0.456 e. The predicted octanol–water partition coefficient (Wildman–Crippen LogP) is 13.9. The highest BCUT2D eigenvalue weighted by Crippen LogP contribution is 2.47. The van der Waals surface area contributed by atoms with Crippen LogP contribution in [0.4, 0.5) is 0 Å². The molecule has 266 valence electrons. The van der Waals surface area contributed by atoms with Crippen molar-refractivity contribution in [3.63, 3.8) is 0 Å². The molecule has 0 unspecified atom stereocenters. The smallest absolute Gasteiger partial charge is 0.165 e. The molecule has 12 rings (SSSR count). The Morgan fingerprint density at radius 3 is 1.58 bits per heavy atom. The van der Waals surface area contributed by atoms with Crippen LogP contribution in [0.1, 0.15) is 0 Å². The minimum absolute atomic E-state index is 0.649. The normalized spacial score (nSPS) is 11.9. The Morgan fingerprint density at radius 2 is 0.895 bits per heavy atom. The third-order valence-corrected chi connectivity index (χ3v) is 12.3. The predicted molar refractivity (Wildman–Crippen MR) is 236 cm³/mol. The van der Waals surface area contributed by atoms with Crippen LogP contribution < -0.4 is 0 Å². The second kappa shape index (κ2) is 12.6. The van der Waals surface area contributed by atoms with Gasteiger partial charge in [0, 0.05) is 53.0 Å². The number of thiophene rings is 1. The van der Waals surface area contributed by atoms with Crippen LogP contribution in [0.25, 0.3) is 115 Å². The van der Waals surface area contributed by atoms with Crippen molar-refractivity contribution in [1.82, 2.24) is 19.5 Å². The molecule has 0 radical (unpaired) electrons.